The van der Waals surface area contributed by atoms with Crippen molar-refractivity contribution < 1.29 is 36.9 Å². The zero-order valence-corrected chi connectivity index (χ0v) is 30.7. The van der Waals surface area contributed by atoms with Gasteiger partial charge in [0.2, 0.25) is 27.7 Å². The van der Waals surface area contributed by atoms with Crippen molar-refractivity contribution in [3.8, 4) is 5.88 Å². The van der Waals surface area contributed by atoms with Crippen molar-refractivity contribution >= 4 is 55.3 Å². The van der Waals surface area contributed by atoms with Gasteiger partial charge in [-0.05, 0) is 75.0 Å². The maximum absolute atomic E-state index is 14.6. The first-order valence-corrected chi connectivity index (χ1v) is 20.2. The van der Waals surface area contributed by atoms with E-state index in [4.69, 9.17) is 14.2 Å². The van der Waals surface area contributed by atoms with Crippen LogP contribution < -0.4 is 14.8 Å². The summed E-state index contributed by atoms with van der Waals surface area (Å²) in [6.07, 6.45) is 9.26. The summed E-state index contributed by atoms with van der Waals surface area (Å²) < 4.78 is 39.7. The van der Waals surface area contributed by atoms with Gasteiger partial charge in [0.1, 0.15) is 17.9 Å². The van der Waals surface area contributed by atoms with Crippen LogP contribution in [-0.2, 0) is 24.4 Å². The van der Waals surface area contributed by atoms with Crippen molar-refractivity contribution in [2.24, 2.45) is 11.3 Å². The van der Waals surface area contributed by atoms with Crippen LogP contribution in [0.2, 0.25) is 0 Å². The van der Waals surface area contributed by atoms with Crippen LogP contribution in [-0.4, -0.2) is 81.9 Å². The summed E-state index contributed by atoms with van der Waals surface area (Å²) in [4.78, 5) is 66.9. The van der Waals surface area contributed by atoms with Crippen molar-refractivity contribution in [1.82, 2.24) is 30.1 Å². The molecule has 1 aromatic carbocycles. The smallest absolute Gasteiger partial charge is 0.274 e. The summed E-state index contributed by atoms with van der Waals surface area (Å²) in [5.74, 6) is -1.67. The SMILES string of the molecule is Cc1cc(C(=O)N[C@H]2CCCCC/C=C\[C@@H]3C[C@@]3(C(=O)NS(=O)(=O)C3CC3)CC(=O)[C@@H]3C[C@@H](Oc4nc5ncccc5c5ccccc45)CN3C2=O)no1. The van der Waals surface area contributed by atoms with Crippen LogP contribution in [0, 0.1) is 18.3 Å². The van der Waals surface area contributed by atoms with Crippen LogP contribution in [0.5, 0.6) is 5.88 Å². The third kappa shape index (κ3) is 7.08. The second-order valence-electron chi connectivity index (χ2n) is 15.0. The lowest BCUT2D eigenvalue weighted by atomic mass is 9.91. The summed E-state index contributed by atoms with van der Waals surface area (Å²) >= 11 is 0. The van der Waals surface area contributed by atoms with Gasteiger partial charge < -0.3 is 19.5 Å². The highest BCUT2D eigenvalue weighted by molar-refractivity contribution is 7.90. The van der Waals surface area contributed by atoms with E-state index in [1.807, 2.05) is 48.6 Å². The number of aryl methyl sites for hydroxylation is 1. The molecule has 8 rings (SSSR count). The molecule has 0 radical (unpaired) electrons. The predicted octanol–water partition coefficient (Wildman–Crippen LogP) is 4.32. The van der Waals surface area contributed by atoms with E-state index in [9.17, 15) is 27.6 Å². The monoisotopic (exact) mass is 754 g/mol. The van der Waals surface area contributed by atoms with Crippen LogP contribution in [0.25, 0.3) is 21.8 Å². The summed E-state index contributed by atoms with van der Waals surface area (Å²) in [6, 6.07) is 10.9. The minimum atomic E-state index is -3.86. The molecule has 15 heteroatoms. The topological polar surface area (TPSA) is 191 Å². The van der Waals surface area contributed by atoms with E-state index in [0.717, 1.165) is 29.0 Å². The summed E-state index contributed by atoms with van der Waals surface area (Å²) in [7, 11) is -3.86. The van der Waals surface area contributed by atoms with Gasteiger partial charge in [-0.1, -0.05) is 48.3 Å². The number of aromatic nitrogens is 3. The molecular weight excluding hydrogens is 713 g/mol. The average molecular weight is 755 g/mol. The van der Waals surface area contributed by atoms with E-state index < -0.39 is 56.6 Å². The number of amides is 3. The quantitative estimate of drug-likeness (QED) is 0.202. The number of hydrogen-bond donors (Lipinski definition) is 2. The fourth-order valence-corrected chi connectivity index (χ4v) is 9.28. The second-order valence-corrected chi connectivity index (χ2v) is 17.0. The van der Waals surface area contributed by atoms with Gasteiger partial charge in [-0.3, -0.25) is 23.9 Å². The highest BCUT2D eigenvalue weighted by Crippen LogP contribution is 2.57. The van der Waals surface area contributed by atoms with Gasteiger partial charge in [0, 0.05) is 35.9 Å². The Hall–Kier alpha value is -5.18. The number of nitrogens with one attached hydrogen (secondary N) is 2. The molecule has 4 aromatic rings. The molecule has 0 bridgehead atoms. The Bertz CT molecular complexity index is 2290. The van der Waals surface area contributed by atoms with E-state index >= 15 is 0 Å². The number of rotatable bonds is 7. The molecule has 2 aliphatic heterocycles. The molecule has 0 unspecified atom stereocenters. The number of hydrogen-bond acceptors (Lipinski definition) is 11. The lowest BCUT2D eigenvalue weighted by Gasteiger charge is -2.29. The van der Waals surface area contributed by atoms with E-state index in [1.165, 1.54) is 11.0 Å². The number of benzene rings is 1. The molecule has 282 valence electrons. The average Bonchev–Trinajstić information content (AvgIpc) is 4.05. The zero-order valence-electron chi connectivity index (χ0n) is 29.9. The number of fused-ring (bicyclic) bond motifs is 5. The highest BCUT2D eigenvalue weighted by atomic mass is 32.2. The van der Waals surface area contributed by atoms with E-state index in [1.54, 1.807) is 13.1 Å². The molecule has 5 heterocycles. The Labute approximate surface area is 312 Å². The number of allylic oxidation sites excluding steroid dienone is 2. The molecule has 4 aliphatic rings. The Morgan fingerprint density at radius 1 is 1.02 bits per heavy atom. The molecule has 2 saturated carbocycles. The van der Waals surface area contributed by atoms with Crippen molar-refractivity contribution in [3.63, 3.8) is 0 Å². The standard InChI is InChI=1S/C39H42N6O8S/c1-23-18-31(43-53-23)35(47)41-30-14-6-4-2-3-5-10-24-20-39(24,38(49)44-54(50,51)26-15-16-26)21-33(46)32-19-25(22-45(32)37(30)48)52-36-29-12-8-7-11-27(29)28-13-9-17-40-34(28)42-36/h5,7-13,17-18,24-26,30,32H,2-4,6,14-16,19-22H2,1H3,(H,41,47)(H,44,49)/b10-5-/t24-,25-,30+,32+,39-/m1/s1. The van der Waals surface area contributed by atoms with Gasteiger partial charge in [0.05, 0.1) is 23.3 Å². The number of sulfonamides is 1. The van der Waals surface area contributed by atoms with Gasteiger partial charge in [-0.25, -0.2) is 13.4 Å². The van der Waals surface area contributed by atoms with Gasteiger partial charge >= 0.3 is 0 Å². The maximum Gasteiger partial charge on any atom is 0.274 e. The van der Waals surface area contributed by atoms with Gasteiger partial charge in [-0.15, -0.1) is 0 Å². The Kier molecular flexibility index (Phi) is 9.44. The third-order valence-electron chi connectivity index (χ3n) is 11.1. The molecule has 2 N–H and O–H groups in total. The van der Waals surface area contributed by atoms with Crippen LogP contribution in [0.3, 0.4) is 0 Å². The number of carbonyl (C=O) groups is 4. The first-order valence-electron chi connectivity index (χ1n) is 18.6. The summed E-state index contributed by atoms with van der Waals surface area (Å²) in [5, 5.41) is 8.54. The van der Waals surface area contributed by atoms with Crippen molar-refractivity contribution in [2.45, 2.75) is 94.6 Å². The lowest BCUT2D eigenvalue weighted by molar-refractivity contribution is -0.140. The highest BCUT2D eigenvalue weighted by Gasteiger charge is 2.61. The molecule has 1 saturated heterocycles. The normalized spacial score (nSPS) is 27.0. The molecule has 3 fully saturated rings. The molecule has 3 amide bonds. The zero-order chi connectivity index (χ0) is 37.6. The number of Topliss-reactive ketones (excluding diaryl/α,β-unsaturated/α-hetero) is 1. The number of ketones is 1. The van der Waals surface area contributed by atoms with Gasteiger partial charge in [-0.2, -0.15) is 4.98 Å². The first kappa shape index (κ1) is 35.8. The minimum Gasteiger partial charge on any atom is -0.472 e. The fourth-order valence-electron chi connectivity index (χ4n) is 7.90. The molecule has 2 aliphatic carbocycles. The summed E-state index contributed by atoms with van der Waals surface area (Å²) in [6.45, 7) is 1.68. The van der Waals surface area contributed by atoms with Crippen LogP contribution in [0.1, 0.15) is 80.5 Å². The van der Waals surface area contributed by atoms with E-state index in [0.29, 0.717) is 55.8 Å². The number of carbonyl (C=O) groups excluding carboxylic acids is 4. The maximum atomic E-state index is 14.6. The number of nitrogens with zero attached hydrogens (tertiary/aromatic N) is 4. The Morgan fingerprint density at radius 2 is 1.81 bits per heavy atom. The van der Waals surface area contributed by atoms with Crippen LogP contribution in [0.15, 0.2) is 65.3 Å². The molecule has 5 atom stereocenters. The van der Waals surface area contributed by atoms with Gasteiger partial charge in [0.15, 0.2) is 17.1 Å². The molecule has 3 aromatic heterocycles. The van der Waals surface area contributed by atoms with Crippen LogP contribution in [0.4, 0.5) is 0 Å². The number of pyridine rings is 2. The summed E-state index contributed by atoms with van der Waals surface area (Å²) in [5.41, 5.74) is -0.740. The van der Waals surface area contributed by atoms with Crippen molar-refractivity contribution in [1.29, 1.82) is 0 Å². The Morgan fingerprint density at radius 3 is 2.59 bits per heavy atom. The van der Waals surface area contributed by atoms with Gasteiger partial charge in [0.25, 0.3) is 5.91 Å². The predicted molar refractivity (Wildman–Crippen MR) is 197 cm³/mol. The Balaban J connectivity index is 1.12. The van der Waals surface area contributed by atoms with E-state index in [-0.39, 0.29) is 36.8 Å². The van der Waals surface area contributed by atoms with Crippen molar-refractivity contribution in [2.75, 3.05) is 6.54 Å². The fraction of sp³-hybridized carbons (Fsp3) is 0.462. The number of ether oxygens (including phenoxy) is 1. The lowest BCUT2D eigenvalue weighted by Crippen LogP contribution is -2.52. The second kappa shape index (κ2) is 14.2. The largest absolute Gasteiger partial charge is 0.472 e. The molecule has 14 nitrogen and oxygen atoms in total. The molecule has 0 spiro atoms. The minimum absolute atomic E-state index is 0.0134. The van der Waals surface area contributed by atoms with Crippen molar-refractivity contribution in [3.05, 3.63) is 72.3 Å². The molecular formula is C39H42N6O8S. The third-order valence-corrected chi connectivity index (χ3v) is 12.9. The van der Waals surface area contributed by atoms with Crippen LogP contribution >= 0.6 is 0 Å². The van der Waals surface area contributed by atoms with E-state index in [2.05, 4.69) is 20.2 Å². The molecule has 54 heavy (non-hydrogen) atoms. The first-order chi connectivity index (χ1) is 26.0.